The summed E-state index contributed by atoms with van der Waals surface area (Å²) in [7, 11) is 4.76. The predicted molar refractivity (Wildman–Crippen MR) is 136 cm³/mol. The van der Waals surface area contributed by atoms with Crippen molar-refractivity contribution >= 4 is 17.9 Å². The zero-order valence-electron chi connectivity index (χ0n) is 23.6. The maximum Gasteiger partial charge on any atom is 0.411 e. The Labute approximate surface area is 222 Å². The number of ether oxygens (including phenoxy) is 3. The molecule has 4 rings (SSSR count). The van der Waals surface area contributed by atoms with Gasteiger partial charge in [-0.3, -0.25) is 4.90 Å². The first-order valence-electron chi connectivity index (χ1n) is 12.9. The maximum atomic E-state index is 14.3. The first-order chi connectivity index (χ1) is 17.5. The van der Waals surface area contributed by atoms with E-state index in [1.165, 1.54) is 7.11 Å². The van der Waals surface area contributed by atoms with Gasteiger partial charge in [0, 0.05) is 26.1 Å². The number of hydrogen-bond donors (Lipinski definition) is 0. The minimum Gasteiger partial charge on any atom is -0.465 e. The van der Waals surface area contributed by atoms with Gasteiger partial charge < -0.3 is 24.0 Å². The Morgan fingerprint density at radius 1 is 1.21 bits per heavy atom. The molecule has 3 heterocycles. The van der Waals surface area contributed by atoms with E-state index < -0.39 is 28.4 Å². The topological polar surface area (TPSA) is 97.3 Å². The van der Waals surface area contributed by atoms with Gasteiger partial charge in [0.2, 0.25) is 0 Å². The molecule has 0 spiro atoms. The number of piperazine rings is 1. The Morgan fingerprint density at radius 2 is 1.87 bits per heavy atom. The van der Waals surface area contributed by atoms with Crippen molar-refractivity contribution in [1.29, 1.82) is 0 Å². The molecular formula is C26H39F2N5O5. The highest BCUT2D eigenvalue weighted by molar-refractivity contribution is 5.96. The van der Waals surface area contributed by atoms with Gasteiger partial charge in [-0.15, -0.1) is 0 Å². The molecule has 2 aliphatic heterocycles. The molecule has 12 heteroatoms. The molecule has 2 saturated heterocycles. The van der Waals surface area contributed by atoms with Crippen LogP contribution in [0.3, 0.4) is 0 Å². The molecule has 0 unspecified atom stereocenters. The Bertz CT molecular complexity index is 1110. The number of anilines is 1. The van der Waals surface area contributed by atoms with Gasteiger partial charge in [-0.25, -0.2) is 18.4 Å². The molecule has 1 aromatic heterocycles. The standard InChI is InChI=1S/C26H39F2N5O5/c1-16-18(20(34)36-8)19(30-21(29-16)37-15-25(14-31(6)7)12-26(25,27)28)32-11-17-9-10-24(5,13-32)33(17)22(35)38-23(2,3)4/h17H,9-15H2,1-8H3/t17-,24-,25-/m1/s1. The van der Waals surface area contributed by atoms with Gasteiger partial charge in [-0.1, -0.05) is 0 Å². The maximum absolute atomic E-state index is 14.3. The number of alkyl halides is 2. The summed E-state index contributed by atoms with van der Waals surface area (Å²) in [4.78, 5) is 40.1. The third-order valence-electron chi connectivity index (χ3n) is 7.56. The summed E-state index contributed by atoms with van der Waals surface area (Å²) in [5.74, 6) is -3.12. The van der Waals surface area contributed by atoms with Gasteiger partial charge in [-0.05, 0) is 61.6 Å². The fourth-order valence-corrected chi connectivity index (χ4v) is 5.80. The number of esters is 1. The van der Waals surface area contributed by atoms with Crippen LogP contribution in [0.2, 0.25) is 0 Å². The molecule has 1 aliphatic carbocycles. The third-order valence-corrected chi connectivity index (χ3v) is 7.56. The predicted octanol–water partition coefficient (Wildman–Crippen LogP) is 3.52. The van der Waals surface area contributed by atoms with Crippen LogP contribution in [0, 0.1) is 12.3 Å². The van der Waals surface area contributed by atoms with Gasteiger partial charge >= 0.3 is 18.1 Å². The van der Waals surface area contributed by atoms with Gasteiger partial charge in [-0.2, -0.15) is 9.97 Å². The fourth-order valence-electron chi connectivity index (χ4n) is 5.80. The first-order valence-corrected chi connectivity index (χ1v) is 12.9. The number of aryl methyl sites for hydroxylation is 1. The van der Waals surface area contributed by atoms with E-state index in [-0.39, 0.29) is 43.3 Å². The highest BCUT2D eigenvalue weighted by atomic mass is 19.3. The normalized spacial score (nSPS) is 27.9. The molecule has 1 saturated carbocycles. The number of methoxy groups -OCH3 is 1. The molecule has 3 atom stereocenters. The Morgan fingerprint density at radius 3 is 2.39 bits per heavy atom. The molecule has 2 bridgehead atoms. The van der Waals surface area contributed by atoms with Crippen LogP contribution in [0.4, 0.5) is 19.4 Å². The summed E-state index contributed by atoms with van der Waals surface area (Å²) in [5.41, 5.74) is -1.97. The number of halogens is 2. The van der Waals surface area contributed by atoms with Gasteiger partial charge in [0.15, 0.2) is 5.82 Å². The lowest BCUT2D eigenvalue weighted by Crippen LogP contribution is -2.63. The Balaban J connectivity index is 1.62. The summed E-state index contributed by atoms with van der Waals surface area (Å²) in [5, 5.41) is 0. The smallest absolute Gasteiger partial charge is 0.411 e. The van der Waals surface area contributed by atoms with Crippen LogP contribution in [0.5, 0.6) is 6.01 Å². The lowest BCUT2D eigenvalue weighted by atomic mass is 9.97. The molecule has 1 amide bonds. The van der Waals surface area contributed by atoms with E-state index in [0.717, 1.165) is 12.8 Å². The van der Waals surface area contributed by atoms with Crippen LogP contribution in [-0.2, 0) is 9.47 Å². The molecule has 0 aromatic carbocycles. The van der Waals surface area contributed by atoms with Crippen LogP contribution < -0.4 is 9.64 Å². The lowest BCUT2D eigenvalue weighted by molar-refractivity contribution is -0.00297. The summed E-state index contributed by atoms with van der Waals surface area (Å²) in [6, 6.07) is -0.222. The zero-order chi connectivity index (χ0) is 28.3. The van der Waals surface area contributed by atoms with E-state index >= 15 is 0 Å². The van der Waals surface area contributed by atoms with Crippen LogP contribution in [-0.4, -0.2) is 102 Å². The highest BCUT2D eigenvalue weighted by Crippen LogP contribution is 2.60. The monoisotopic (exact) mass is 539 g/mol. The van der Waals surface area contributed by atoms with E-state index in [4.69, 9.17) is 14.2 Å². The number of amides is 1. The first kappa shape index (κ1) is 28.3. The van der Waals surface area contributed by atoms with Gasteiger partial charge in [0.1, 0.15) is 17.8 Å². The van der Waals surface area contributed by atoms with Crippen molar-refractivity contribution in [1.82, 2.24) is 19.8 Å². The summed E-state index contributed by atoms with van der Waals surface area (Å²) >= 11 is 0. The summed E-state index contributed by atoms with van der Waals surface area (Å²) in [6.45, 7) is 9.85. The van der Waals surface area contributed by atoms with Crippen molar-refractivity contribution in [3.8, 4) is 6.01 Å². The largest absolute Gasteiger partial charge is 0.465 e. The molecule has 0 N–H and O–H groups in total. The number of carbonyl (C=O) groups is 2. The molecule has 38 heavy (non-hydrogen) atoms. The second kappa shape index (κ2) is 9.46. The van der Waals surface area contributed by atoms with Gasteiger partial charge in [0.05, 0.1) is 29.8 Å². The zero-order valence-corrected chi connectivity index (χ0v) is 23.6. The van der Waals surface area contributed by atoms with Crippen LogP contribution in [0.25, 0.3) is 0 Å². The minimum atomic E-state index is -2.83. The minimum absolute atomic E-state index is 0.0712. The lowest BCUT2D eigenvalue weighted by Gasteiger charge is -2.47. The molecule has 0 radical (unpaired) electrons. The Kier molecular flexibility index (Phi) is 7.03. The summed E-state index contributed by atoms with van der Waals surface area (Å²) in [6.07, 6.45) is 0.901. The highest BCUT2D eigenvalue weighted by Gasteiger charge is 2.71. The number of rotatable bonds is 7. The van der Waals surface area contributed by atoms with E-state index in [1.54, 1.807) is 30.8 Å². The molecule has 10 nitrogen and oxygen atoms in total. The number of hydrogen-bond acceptors (Lipinski definition) is 9. The number of aromatic nitrogens is 2. The van der Waals surface area contributed by atoms with Crippen molar-refractivity contribution in [2.75, 3.05) is 52.3 Å². The van der Waals surface area contributed by atoms with Crippen LogP contribution in [0.1, 0.15) is 63.0 Å². The number of carbonyl (C=O) groups excluding carboxylic acids is 2. The molecule has 3 fully saturated rings. The van der Waals surface area contributed by atoms with Crippen molar-refractivity contribution in [2.45, 2.75) is 77.0 Å². The summed E-state index contributed by atoms with van der Waals surface area (Å²) < 4.78 is 45.0. The van der Waals surface area contributed by atoms with Gasteiger partial charge in [0.25, 0.3) is 5.92 Å². The molecule has 212 valence electrons. The van der Waals surface area contributed by atoms with E-state index in [1.807, 2.05) is 32.6 Å². The van der Waals surface area contributed by atoms with Crippen molar-refractivity contribution in [2.24, 2.45) is 5.41 Å². The van der Waals surface area contributed by atoms with E-state index in [0.29, 0.717) is 24.6 Å². The number of fused-ring (bicyclic) bond motifs is 2. The van der Waals surface area contributed by atoms with Crippen molar-refractivity contribution in [3.63, 3.8) is 0 Å². The Hall–Kier alpha value is -2.76. The molecule has 3 aliphatic rings. The average molecular weight is 540 g/mol. The quantitative estimate of drug-likeness (QED) is 0.482. The fraction of sp³-hybridized carbons (Fsp3) is 0.769. The second-order valence-electron chi connectivity index (χ2n) is 12.4. The SMILES string of the molecule is COC(=O)c1c(C)nc(OC[C@]2(CN(C)C)CC2(F)F)nc1N1C[C@H]2CC[C@](C)(C1)N2C(=O)OC(C)(C)C. The van der Waals surface area contributed by atoms with Crippen molar-refractivity contribution < 1.29 is 32.6 Å². The average Bonchev–Trinajstić information content (AvgIpc) is 3.23. The molecule has 1 aromatic rings. The second-order valence-corrected chi connectivity index (χ2v) is 12.4. The van der Waals surface area contributed by atoms with Crippen LogP contribution >= 0.6 is 0 Å². The van der Waals surface area contributed by atoms with Crippen LogP contribution in [0.15, 0.2) is 0 Å². The van der Waals surface area contributed by atoms with Crippen molar-refractivity contribution in [3.05, 3.63) is 11.3 Å². The third kappa shape index (κ3) is 5.23. The molecular weight excluding hydrogens is 500 g/mol. The van der Waals surface area contributed by atoms with E-state index in [2.05, 4.69) is 9.97 Å². The van der Waals surface area contributed by atoms with E-state index in [9.17, 15) is 18.4 Å². The number of nitrogens with zero attached hydrogens (tertiary/aromatic N) is 5.